The van der Waals surface area contributed by atoms with E-state index in [1.807, 2.05) is 6.92 Å². The Balaban J connectivity index is 3.02. The first-order valence-corrected chi connectivity index (χ1v) is 5.71. The van der Waals surface area contributed by atoms with E-state index in [1.54, 1.807) is 13.2 Å². The van der Waals surface area contributed by atoms with Crippen LogP contribution in [-0.4, -0.2) is 13.7 Å². The summed E-state index contributed by atoms with van der Waals surface area (Å²) in [7, 11) is 1.54. The number of rotatable bonds is 5. The van der Waals surface area contributed by atoms with Crippen LogP contribution in [0.2, 0.25) is 5.02 Å². The predicted octanol–water partition coefficient (Wildman–Crippen LogP) is 3.08. The Morgan fingerprint density at radius 2 is 2.12 bits per heavy atom. The van der Waals surface area contributed by atoms with Gasteiger partial charge in [0.25, 0.3) is 0 Å². The van der Waals surface area contributed by atoms with Crippen molar-refractivity contribution >= 4 is 11.6 Å². The van der Waals surface area contributed by atoms with Gasteiger partial charge in [0.2, 0.25) is 0 Å². The fourth-order valence-corrected chi connectivity index (χ4v) is 2.03. The van der Waals surface area contributed by atoms with Crippen molar-refractivity contribution in [2.75, 3.05) is 13.7 Å². The summed E-state index contributed by atoms with van der Waals surface area (Å²) in [5.74, 6) is 0.222. The summed E-state index contributed by atoms with van der Waals surface area (Å²) in [6.45, 7) is 2.47. The molecule has 0 saturated heterocycles. The number of ether oxygens (including phenoxy) is 1. The summed E-state index contributed by atoms with van der Waals surface area (Å²) in [4.78, 5) is 0. The first kappa shape index (κ1) is 13.3. The van der Waals surface area contributed by atoms with Crippen molar-refractivity contribution in [3.63, 3.8) is 0 Å². The Morgan fingerprint density at radius 3 is 2.69 bits per heavy atom. The van der Waals surface area contributed by atoms with Gasteiger partial charge in [-0.15, -0.1) is 0 Å². The van der Waals surface area contributed by atoms with Crippen molar-refractivity contribution in [1.29, 1.82) is 0 Å². The summed E-state index contributed by atoms with van der Waals surface area (Å²) in [6, 6.07) is 1.59. The van der Waals surface area contributed by atoms with Crippen LogP contribution in [0.25, 0.3) is 0 Å². The molecule has 0 bridgehead atoms. The Kier molecular flexibility index (Phi) is 5.03. The van der Waals surface area contributed by atoms with Crippen molar-refractivity contribution in [2.24, 2.45) is 5.73 Å². The van der Waals surface area contributed by atoms with Gasteiger partial charge in [0, 0.05) is 5.56 Å². The average Bonchev–Trinajstić information content (AvgIpc) is 2.25. The maximum atomic E-state index is 13.8. The highest BCUT2D eigenvalue weighted by Crippen LogP contribution is 2.32. The van der Waals surface area contributed by atoms with E-state index in [-0.39, 0.29) is 10.8 Å². The van der Waals surface area contributed by atoms with Gasteiger partial charge in [-0.3, -0.25) is 0 Å². The van der Waals surface area contributed by atoms with Gasteiger partial charge >= 0.3 is 0 Å². The van der Waals surface area contributed by atoms with Crippen LogP contribution < -0.4 is 10.5 Å². The molecule has 0 fully saturated rings. The van der Waals surface area contributed by atoms with E-state index in [9.17, 15) is 4.39 Å². The van der Waals surface area contributed by atoms with Crippen molar-refractivity contribution in [1.82, 2.24) is 0 Å². The largest absolute Gasteiger partial charge is 0.496 e. The predicted molar refractivity (Wildman–Crippen MR) is 64.7 cm³/mol. The molecule has 0 aliphatic heterocycles. The number of hydrogen-bond donors (Lipinski definition) is 1. The van der Waals surface area contributed by atoms with Crippen LogP contribution in [0.5, 0.6) is 5.75 Å². The van der Waals surface area contributed by atoms with E-state index >= 15 is 0 Å². The van der Waals surface area contributed by atoms with Gasteiger partial charge in [0.15, 0.2) is 0 Å². The fourth-order valence-electron chi connectivity index (χ4n) is 1.75. The quantitative estimate of drug-likeness (QED) is 0.810. The summed E-state index contributed by atoms with van der Waals surface area (Å²) in [5, 5.41) is 0.154. The molecule has 0 spiro atoms. The first-order chi connectivity index (χ1) is 7.61. The van der Waals surface area contributed by atoms with Crippen molar-refractivity contribution in [2.45, 2.75) is 26.2 Å². The van der Waals surface area contributed by atoms with Crippen LogP contribution in [0, 0.1) is 12.7 Å². The SMILES string of the molecule is COc1c(C)cc(Cl)c(F)c1CCCCN. The van der Waals surface area contributed by atoms with Crippen molar-refractivity contribution < 1.29 is 9.13 Å². The van der Waals surface area contributed by atoms with Crippen LogP contribution in [-0.2, 0) is 6.42 Å². The molecule has 2 nitrogen and oxygen atoms in total. The molecule has 0 amide bonds. The first-order valence-electron chi connectivity index (χ1n) is 5.33. The van der Waals surface area contributed by atoms with Crippen LogP contribution in [0.1, 0.15) is 24.0 Å². The third kappa shape index (κ3) is 2.86. The number of benzene rings is 1. The number of hydrogen-bond acceptors (Lipinski definition) is 2. The van der Waals surface area contributed by atoms with Gasteiger partial charge in [-0.2, -0.15) is 0 Å². The van der Waals surface area contributed by atoms with Crippen molar-refractivity contribution in [3.05, 3.63) is 28.0 Å². The lowest BCUT2D eigenvalue weighted by Gasteiger charge is -2.13. The number of halogens is 2. The molecule has 0 aliphatic rings. The monoisotopic (exact) mass is 245 g/mol. The maximum absolute atomic E-state index is 13.8. The number of aryl methyl sites for hydroxylation is 1. The second-order valence-electron chi connectivity index (χ2n) is 3.75. The molecule has 0 saturated carbocycles. The zero-order valence-electron chi connectivity index (χ0n) is 9.65. The van der Waals surface area contributed by atoms with Gasteiger partial charge in [0.1, 0.15) is 11.6 Å². The number of nitrogens with two attached hydrogens (primary N) is 1. The van der Waals surface area contributed by atoms with Crippen LogP contribution in [0.15, 0.2) is 6.07 Å². The highest BCUT2D eigenvalue weighted by molar-refractivity contribution is 6.30. The molecule has 0 aromatic heterocycles. The zero-order valence-corrected chi connectivity index (χ0v) is 10.4. The normalized spacial score (nSPS) is 10.6. The van der Waals surface area contributed by atoms with E-state index in [4.69, 9.17) is 22.1 Å². The maximum Gasteiger partial charge on any atom is 0.148 e. The third-order valence-corrected chi connectivity index (χ3v) is 2.81. The Hall–Kier alpha value is -0.800. The van der Waals surface area contributed by atoms with Gasteiger partial charge in [0.05, 0.1) is 12.1 Å². The van der Waals surface area contributed by atoms with E-state index in [2.05, 4.69) is 0 Å². The van der Waals surface area contributed by atoms with Crippen LogP contribution in [0.4, 0.5) is 4.39 Å². The number of methoxy groups -OCH3 is 1. The molecule has 1 rings (SSSR count). The molecule has 1 aromatic rings. The topological polar surface area (TPSA) is 35.2 Å². The third-order valence-electron chi connectivity index (χ3n) is 2.54. The fraction of sp³-hybridized carbons (Fsp3) is 0.500. The molecule has 1 aromatic carbocycles. The van der Waals surface area contributed by atoms with Gasteiger partial charge < -0.3 is 10.5 Å². The molecular formula is C12H17ClFNO. The second-order valence-corrected chi connectivity index (χ2v) is 4.15. The standard InChI is InChI=1S/C12H17ClFNO/c1-8-7-10(13)11(14)9(12(8)16-2)5-3-4-6-15/h7H,3-6,15H2,1-2H3. The highest BCUT2D eigenvalue weighted by atomic mass is 35.5. The summed E-state index contributed by atoms with van der Waals surface area (Å²) in [6.07, 6.45) is 2.31. The van der Waals surface area contributed by atoms with E-state index in [0.717, 1.165) is 18.4 Å². The zero-order chi connectivity index (χ0) is 12.1. The minimum absolute atomic E-state index is 0.154. The van der Waals surface area contributed by atoms with E-state index in [1.165, 1.54) is 0 Å². The van der Waals surface area contributed by atoms with Gasteiger partial charge in [-0.1, -0.05) is 11.6 Å². The Labute approximate surface area is 101 Å². The molecule has 2 N–H and O–H groups in total. The lowest BCUT2D eigenvalue weighted by Crippen LogP contribution is -2.03. The van der Waals surface area contributed by atoms with Gasteiger partial charge in [-0.25, -0.2) is 4.39 Å². The molecule has 90 valence electrons. The minimum atomic E-state index is -0.374. The average molecular weight is 246 g/mol. The molecule has 16 heavy (non-hydrogen) atoms. The molecule has 0 heterocycles. The smallest absolute Gasteiger partial charge is 0.148 e. The summed E-state index contributed by atoms with van der Waals surface area (Å²) < 4.78 is 19.0. The Morgan fingerprint density at radius 1 is 1.44 bits per heavy atom. The second kappa shape index (κ2) is 6.06. The van der Waals surface area contributed by atoms with Gasteiger partial charge in [-0.05, 0) is 44.4 Å². The summed E-state index contributed by atoms with van der Waals surface area (Å²) >= 11 is 5.81. The molecule has 0 aliphatic carbocycles. The van der Waals surface area contributed by atoms with Crippen LogP contribution in [0.3, 0.4) is 0 Å². The number of unbranched alkanes of at least 4 members (excludes halogenated alkanes) is 1. The van der Waals surface area contributed by atoms with Crippen molar-refractivity contribution in [3.8, 4) is 5.75 Å². The Bertz CT molecular complexity index is 369. The lowest BCUT2D eigenvalue weighted by molar-refractivity contribution is 0.400. The summed E-state index contributed by atoms with van der Waals surface area (Å²) in [5.41, 5.74) is 6.82. The van der Waals surface area contributed by atoms with Crippen LogP contribution >= 0.6 is 11.6 Å². The molecular weight excluding hydrogens is 229 g/mol. The lowest BCUT2D eigenvalue weighted by atomic mass is 10.0. The molecule has 0 radical (unpaired) electrons. The molecule has 0 atom stereocenters. The molecule has 4 heteroatoms. The van der Waals surface area contributed by atoms with E-state index < -0.39 is 0 Å². The van der Waals surface area contributed by atoms with E-state index in [0.29, 0.717) is 24.3 Å². The highest BCUT2D eigenvalue weighted by Gasteiger charge is 2.15. The minimum Gasteiger partial charge on any atom is -0.496 e. The molecule has 0 unspecified atom stereocenters.